The fraction of sp³-hybridized carbons (Fsp3) is 0.0667. The molecule has 0 spiro atoms. The van der Waals surface area contributed by atoms with E-state index < -0.39 is 0 Å². The van der Waals surface area contributed by atoms with Crippen molar-refractivity contribution < 1.29 is 9.47 Å². The van der Waals surface area contributed by atoms with Crippen LogP contribution in [-0.4, -0.2) is 17.1 Å². The van der Waals surface area contributed by atoms with Crippen molar-refractivity contribution in [2.24, 2.45) is 0 Å². The minimum absolute atomic E-state index is 0.337. The van der Waals surface area contributed by atoms with Crippen LogP contribution < -0.4 is 9.47 Å². The van der Waals surface area contributed by atoms with Gasteiger partial charge in [0.25, 0.3) is 0 Å². The maximum Gasteiger partial charge on any atom is 0.230 e. The van der Waals surface area contributed by atoms with Crippen molar-refractivity contribution in [3.63, 3.8) is 0 Å². The molecule has 106 valence electrons. The first-order valence-corrected chi connectivity index (χ1v) is 6.85. The van der Waals surface area contributed by atoms with E-state index in [1.54, 1.807) is 37.7 Å². The van der Waals surface area contributed by atoms with Crippen molar-refractivity contribution >= 4 is 34.0 Å². The van der Waals surface area contributed by atoms with Crippen molar-refractivity contribution in [1.82, 2.24) is 9.97 Å². The molecular weight excluding hydrogens is 311 g/mol. The molecule has 0 radical (unpaired) electrons. The van der Waals surface area contributed by atoms with Gasteiger partial charge in [0, 0.05) is 23.5 Å². The molecule has 2 aromatic heterocycles. The number of fused-ring (bicyclic) bond motifs is 1. The summed E-state index contributed by atoms with van der Waals surface area (Å²) < 4.78 is 11.1. The largest absolute Gasteiger partial charge is 0.493 e. The molecule has 3 rings (SSSR count). The smallest absolute Gasteiger partial charge is 0.230 e. The topological polar surface area (TPSA) is 44.2 Å². The summed E-state index contributed by atoms with van der Waals surface area (Å²) in [6, 6.07) is 8.78. The Balaban J connectivity index is 2.11. The third kappa shape index (κ3) is 2.73. The Morgan fingerprint density at radius 3 is 2.48 bits per heavy atom. The van der Waals surface area contributed by atoms with Gasteiger partial charge in [0.05, 0.1) is 12.5 Å². The molecule has 0 aliphatic carbocycles. The molecule has 0 atom stereocenters. The summed E-state index contributed by atoms with van der Waals surface area (Å²) in [5, 5.41) is 2.44. The summed E-state index contributed by atoms with van der Waals surface area (Å²) in [7, 11) is 1.55. The SMILES string of the molecule is COc1cc(Cl)ccc1Oc1nccc2ccnc(Cl)c12. The first-order valence-electron chi connectivity index (χ1n) is 6.09. The highest BCUT2D eigenvalue weighted by atomic mass is 35.5. The van der Waals surface area contributed by atoms with Crippen LogP contribution in [0, 0.1) is 0 Å². The molecule has 0 N–H and O–H groups in total. The molecule has 6 heteroatoms. The Bertz CT molecular complexity index is 804. The van der Waals surface area contributed by atoms with Crippen LogP contribution in [0.2, 0.25) is 10.2 Å². The number of hydrogen-bond donors (Lipinski definition) is 0. The van der Waals surface area contributed by atoms with Crippen LogP contribution in [0.1, 0.15) is 0 Å². The number of ether oxygens (including phenoxy) is 2. The third-order valence-electron chi connectivity index (χ3n) is 2.93. The zero-order valence-corrected chi connectivity index (χ0v) is 12.5. The Morgan fingerprint density at radius 1 is 0.952 bits per heavy atom. The number of halogens is 2. The molecular formula is C15H10Cl2N2O2. The van der Waals surface area contributed by atoms with Crippen LogP contribution in [0.5, 0.6) is 17.4 Å². The van der Waals surface area contributed by atoms with Crippen molar-refractivity contribution in [1.29, 1.82) is 0 Å². The summed E-state index contributed by atoms with van der Waals surface area (Å²) in [4.78, 5) is 8.28. The highest BCUT2D eigenvalue weighted by molar-refractivity contribution is 6.34. The predicted molar refractivity (Wildman–Crippen MR) is 82.6 cm³/mol. The van der Waals surface area contributed by atoms with Crippen LogP contribution in [-0.2, 0) is 0 Å². The van der Waals surface area contributed by atoms with E-state index in [1.807, 2.05) is 12.1 Å². The maximum absolute atomic E-state index is 6.14. The van der Waals surface area contributed by atoms with Gasteiger partial charge in [-0.25, -0.2) is 9.97 Å². The Hall–Kier alpha value is -2.04. The summed E-state index contributed by atoms with van der Waals surface area (Å²) in [5.74, 6) is 1.38. The minimum Gasteiger partial charge on any atom is -0.493 e. The summed E-state index contributed by atoms with van der Waals surface area (Å²) in [5.41, 5.74) is 0. The Morgan fingerprint density at radius 2 is 1.71 bits per heavy atom. The van der Waals surface area contributed by atoms with E-state index in [-0.39, 0.29) is 0 Å². The second kappa shape index (κ2) is 5.76. The fourth-order valence-electron chi connectivity index (χ4n) is 1.96. The van der Waals surface area contributed by atoms with Gasteiger partial charge >= 0.3 is 0 Å². The van der Waals surface area contributed by atoms with Crippen LogP contribution in [0.25, 0.3) is 10.8 Å². The average Bonchev–Trinajstić information content (AvgIpc) is 2.49. The zero-order chi connectivity index (χ0) is 14.8. The monoisotopic (exact) mass is 320 g/mol. The summed E-state index contributed by atoms with van der Waals surface area (Å²) >= 11 is 12.1. The third-order valence-corrected chi connectivity index (χ3v) is 3.45. The van der Waals surface area contributed by atoms with Crippen molar-refractivity contribution in [2.75, 3.05) is 7.11 Å². The zero-order valence-electron chi connectivity index (χ0n) is 11.0. The molecule has 1 aromatic carbocycles. The van der Waals surface area contributed by atoms with Gasteiger partial charge in [-0.3, -0.25) is 0 Å². The molecule has 0 aliphatic rings. The molecule has 0 saturated heterocycles. The number of benzene rings is 1. The highest BCUT2D eigenvalue weighted by Crippen LogP contribution is 2.36. The molecule has 3 aromatic rings. The van der Waals surface area contributed by atoms with E-state index >= 15 is 0 Å². The second-order valence-electron chi connectivity index (χ2n) is 4.21. The number of nitrogens with zero attached hydrogens (tertiary/aromatic N) is 2. The van der Waals surface area contributed by atoms with E-state index in [0.717, 1.165) is 5.39 Å². The lowest BCUT2D eigenvalue weighted by Gasteiger charge is -2.11. The molecule has 0 saturated carbocycles. The van der Waals surface area contributed by atoms with Gasteiger partial charge in [-0.05, 0) is 29.7 Å². The van der Waals surface area contributed by atoms with E-state index in [4.69, 9.17) is 32.7 Å². The lowest BCUT2D eigenvalue weighted by Crippen LogP contribution is -1.94. The normalized spacial score (nSPS) is 10.6. The van der Waals surface area contributed by atoms with E-state index in [1.165, 1.54) is 0 Å². The van der Waals surface area contributed by atoms with Crippen molar-refractivity contribution in [2.45, 2.75) is 0 Å². The molecule has 0 aliphatic heterocycles. The molecule has 21 heavy (non-hydrogen) atoms. The van der Waals surface area contributed by atoms with Gasteiger partial charge in [-0.2, -0.15) is 0 Å². The number of methoxy groups -OCH3 is 1. The average molecular weight is 321 g/mol. The first kappa shape index (κ1) is 13.9. The van der Waals surface area contributed by atoms with Gasteiger partial charge in [0.1, 0.15) is 5.15 Å². The Labute approximate surface area is 131 Å². The summed E-state index contributed by atoms with van der Waals surface area (Å²) in [6.45, 7) is 0. The molecule has 0 amide bonds. The van der Waals surface area contributed by atoms with Crippen LogP contribution in [0.4, 0.5) is 0 Å². The van der Waals surface area contributed by atoms with E-state index in [9.17, 15) is 0 Å². The number of rotatable bonds is 3. The van der Waals surface area contributed by atoms with Crippen LogP contribution in [0.15, 0.2) is 42.7 Å². The van der Waals surface area contributed by atoms with E-state index in [2.05, 4.69) is 9.97 Å². The van der Waals surface area contributed by atoms with Gasteiger partial charge in [-0.15, -0.1) is 0 Å². The number of aromatic nitrogens is 2. The Kier molecular flexibility index (Phi) is 3.82. The molecule has 0 fully saturated rings. The predicted octanol–water partition coefficient (Wildman–Crippen LogP) is 4.74. The lowest BCUT2D eigenvalue weighted by molar-refractivity contribution is 0.376. The summed E-state index contributed by atoms with van der Waals surface area (Å²) in [6.07, 6.45) is 3.29. The van der Waals surface area contributed by atoms with Crippen LogP contribution in [0.3, 0.4) is 0 Å². The maximum atomic E-state index is 6.14. The van der Waals surface area contributed by atoms with Gasteiger partial charge in [0.15, 0.2) is 11.5 Å². The van der Waals surface area contributed by atoms with Crippen molar-refractivity contribution in [3.8, 4) is 17.4 Å². The molecule has 0 unspecified atom stereocenters. The number of pyridine rings is 2. The second-order valence-corrected chi connectivity index (χ2v) is 5.01. The first-order chi connectivity index (χ1) is 10.2. The van der Waals surface area contributed by atoms with Crippen molar-refractivity contribution in [3.05, 3.63) is 52.9 Å². The molecule has 0 bridgehead atoms. The number of hydrogen-bond acceptors (Lipinski definition) is 4. The standard InChI is InChI=1S/C15H10Cl2N2O2/c1-20-12-8-10(16)2-3-11(12)21-15-13-9(5-7-19-15)4-6-18-14(13)17/h2-8H,1H3. The minimum atomic E-state index is 0.337. The van der Waals surface area contributed by atoms with Gasteiger partial charge < -0.3 is 9.47 Å². The van der Waals surface area contributed by atoms with Gasteiger partial charge in [-0.1, -0.05) is 23.2 Å². The lowest BCUT2D eigenvalue weighted by atomic mass is 10.2. The molecule has 4 nitrogen and oxygen atoms in total. The quantitative estimate of drug-likeness (QED) is 0.654. The molecule has 2 heterocycles. The highest BCUT2D eigenvalue weighted by Gasteiger charge is 2.12. The fourth-order valence-corrected chi connectivity index (χ4v) is 2.37. The van der Waals surface area contributed by atoms with E-state index in [0.29, 0.717) is 32.9 Å². The van der Waals surface area contributed by atoms with Crippen LogP contribution >= 0.6 is 23.2 Å². The van der Waals surface area contributed by atoms with Gasteiger partial charge in [0.2, 0.25) is 5.88 Å².